The van der Waals surface area contributed by atoms with Gasteiger partial charge in [-0.15, -0.1) is 5.11 Å². The van der Waals surface area contributed by atoms with Crippen molar-refractivity contribution >= 4 is 34.7 Å². The van der Waals surface area contributed by atoms with Gasteiger partial charge >= 0.3 is 0 Å². The number of pyridine rings is 1. The monoisotopic (exact) mass is 519 g/mol. The third-order valence-electron chi connectivity index (χ3n) is 5.60. The molecule has 37 heavy (non-hydrogen) atoms. The SMILES string of the molecule is Cc1cncnc1-c1cc(Cl)cc(Nc2ccc(CN=Nc3ncc(F)c(N4CCOCC4)n3)nc2)c1. The highest BCUT2D eigenvalue weighted by molar-refractivity contribution is 6.31. The van der Waals surface area contributed by atoms with Gasteiger partial charge in [-0.3, -0.25) is 4.98 Å². The number of nitrogens with one attached hydrogen (secondary N) is 1. The predicted molar refractivity (Wildman–Crippen MR) is 138 cm³/mol. The Morgan fingerprint density at radius 1 is 1.05 bits per heavy atom. The van der Waals surface area contributed by atoms with Gasteiger partial charge in [0.05, 0.1) is 42.7 Å². The molecule has 4 heterocycles. The Balaban J connectivity index is 1.23. The zero-order valence-corrected chi connectivity index (χ0v) is 20.7. The molecular weight excluding hydrogens is 497 g/mol. The Morgan fingerprint density at radius 3 is 2.70 bits per heavy atom. The number of azo groups is 1. The van der Waals surface area contributed by atoms with Crippen LogP contribution in [-0.4, -0.2) is 51.2 Å². The number of halogens is 2. The van der Waals surface area contributed by atoms with Crippen molar-refractivity contribution in [2.75, 3.05) is 36.5 Å². The fraction of sp³-hybridized carbons (Fsp3) is 0.240. The lowest BCUT2D eigenvalue weighted by molar-refractivity contribution is 0.122. The van der Waals surface area contributed by atoms with Crippen molar-refractivity contribution in [3.63, 3.8) is 0 Å². The molecule has 0 amide bonds. The summed E-state index contributed by atoms with van der Waals surface area (Å²) >= 11 is 6.35. The second-order valence-electron chi connectivity index (χ2n) is 8.29. The van der Waals surface area contributed by atoms with Crippen molar-refractivity contribution in [1.82, 2.24) is 24.9 Å². The lowest BCUT2D eigenvalue weighted by atomic mass is 10.1. The highest BCUT2D eigenvalue weighted by Crippen LogP contribution is 2.29. The molecule has 0 aliphatic carbocycles. The van der Waals surface area contributed by atoms with E-state index in [9.17, 15) is 4.39 Å². The summed E-state index contributed by atoms with van der Waals surface area (Å²) in [7, 11) is 0. The number of benzene rings is 1. The topological polar surface area (TPSA) is 114 Å². The first-order valence-electron chi connectivity index (χ1n) is 11.6. The van der Waals surface area contributed by atoms with Gasteiger partial charge < -0.3 is 15.0 Å². The molecule has 4 aromatic rings. The van der Waals surface area contributed by atoms with Crippen LogP contribution in [0.5, 0.6) is 0 Å². The average Bonchev–Trinajstić information content (AvgIpc) is 2.91. The molecule has 1 saturated heterocycles. The van der Waals surface area contributed by atoms with Crippen molar-refractivity contribution in [2.24, 2.45) is 10.2 Å². The molecule has 1 fully saturated rings. The van der Waals surface area contributed by atoms with Crippen LogP contribution in [0.1, 0.15) is 11.3 Å². The minimum atomic E-state index is -0.496. The Kier molecular flexibility index (Phi) is 7.52. The van der Waals surface area contributed by atoms with Gasteiger partial charge in [0.2, 0.25) is 0 Å². The molecule has 188 valence electrons. The molecule has 0 atom stereocenters. The number of hydrogen-bond acceptors (Lipinski definition) is 10. The molecule has 5 rings (SSSR count). The highest BCUT2D eigenvalue weighted by atomic mass is 35.5. The molecule has 0 saturated carbocycles. The van der Waals surface area contributed by atoms with Crippen molar-refractivity contribution in [2.45, 2.75) is 13.5 Å². The first-order valence-corrected chi connectivity index (χ1v) is 12.0. The molecule has 3 aromatic heterocycles. The predicted octanol–water partition coefficient (Wildman–Crippen LogP) is 5.29. The van der Waals surface area contributed by atoms with Gasteiger partial charge in [0.25, 0.3) is 5.95 Å². The van der Waals surface area contributed by atoms with E-state index >= 15 is 0 Å². The minimum Gasteiger partial charge on any atom is -0.378 e. The van der Waals surface area contributed by atoms with Gasteiger partial charge in [0.15, 0.2) is 11.6 Å². The van der Waals surface area contributed by atoms with E-state index < -0.39 is 5.82 Å². The zero-order chi connectivity index (χ0) is 25.6. The third kappa shape index (κ3) is 6.19. The molecule has 1 N–H and O–H groups in total. The maximum Gasteiger partial charge on any atom is 0.270 e. The van der Waals surface area contributed by atoms with Gasteiger partial charge in [0.1, 0.15) is 12.9 Å². The number of hydrogen-bond donors (Lipinski definition) is 1. The number of ether oxygens (including phenoxy) is 1. The van der Waals surface area contributed by atoms with Crippen LogP contribution in [0.25, 0.3) is 11.3 Å². The average molecular weight is 520 g/mol. The lowest BCUT2D eigenvalue weighted by Crippen LogP contribution is -2.37. The summed E-state index contributed by atoms with van der Waals surface area (Å²) in [6, 6.07) is 9.39. The number of anilines is 3. The standard InChI is InChI=1S/C25H23ClFN9O/c1-16-11-28-15-31-23(16)17-8-18(26)10-21(9-17)33-20-3-2-19(29-12-20)13-32-35-25-30-14-22(27)24(34-25)36-4-6-37-7-5-36/h2-3,8-12,14-15,33H,4-7,13H2,1H3. The fourth-order valence-corrected chi connectivity index (χ4v) is 4.06. The van der Waals surface area contributed by atoms with Crippen LogP contribution in [0.3, 0.4) is 0 Å². The summed E-state index contributed by atoms with van der Waals surface area (Å²) in [4.78, 5) is 22.8. The molecule has 12 heteroatoms. The van der Waals surface area contributed by atoms with Crippen molar-refractivity contribution in [1.29, 1.82) is 0 Å². The molecule has 0 bridgehead atoms. The van der Waals surface area contributed by atoms with Gasteiger partial charge in [0, 0.05) is 35.6 Å². The van der Waals surface area contributed by atoms with Gasteiger partial charge in [-0.05, 0) is 42.8 Å². The molecular formula is C25H23ClFN9O. The summed E-state index contributed by atoms with van der Waals surface area (Å²) in [5.41, 5.74) is 4.96. The largest absolute Gasteiger partial charge is 0.378 e. The molecule has 0 spiro atoms. The highest BCUT2D eigenvalue weighted by Gasteiger charge is 2.17. The van der Waals surface area contributed by atoms with Crippen molar-refractivity contribution in [3.8, 4) is 11.3 Å². The van der Waals surface area contributed by atoms with Crippen LogP contribution in [-0.2, 0) is 11.3 Å². The first kappa shape index (κ1) is 24.6. The van der Waals surface area contributed by atoms with Crippen LogP contribution < -0.4 is 10.2 Å². The molecule has 1 aromatic carbocycles. The van der Waals surface area contributed by atoms with E-state index in [4.69, 9.17) is 16.3 Å². The molecule has 1 aliphatic rings. The summed E-state index contributed by atoms with van der Waals surface area (Å²) in [6.45, 7) is 4.35. The lowest BCUT2D eigenvalue weighted by Gasteiger charge is -2.27. The summed E-state index contributed by atoms with van der Waals surface area (Å²) in [5.74, 6) is -0.193. The maximum absolute atomic E-state index is 14.2. The summed E-state index contributed by atoms with van der Waals surface area (Å²) < 4.78 is 19.5. The Morgan fingerprint density at radius 2 is 1.92 bits per heavy atom. The van der Waals surface area contributed by atoms with Crippen molar-refractivity contribution < 1.29 is 9.13 Å². The zero-order valence-electron chi connectivity index (χ0n) is 20.0. The van der Waals surface area contributed by atoms with E-state index in [0.29, 0.717) is 37.0 Å². The Bertz CT molecular complexity index is 1410. The van der Waals surface area contributed by atoms with Crippen LogP contribution in [0.4, 0.5) is 27.5 Å². The number of aryl methyl sites for hydroxylation is 1. The Hall–Kier alpha value is -4.09. The van der Waals surface area contributed by atoms with Crippen LogP contribution in [0.15, 0.2) is 65.5 Å². The second-order valence-corrected chi connectivity index (χ2v) is 8.72. The van der Waals surface area contributed by atoms with Crippen LogP contribution >= 0.6 is 11.6 Å². The van der Waals surface area contributed by atoms with E-state index in [-0.39, 0.29) is 18.3 Å². The number of nitrogens with zero attached hydrogens (tertiary/aromatic N) is 8. The fourth-order valence-electron chi connectivity index (χ4n) is 3.82. The minimum absolute atomic E-state index is 0.0943. The van der Waals surface area contributed by atoms with E-state index in [0.717, 1.165) is 34.4 Å². The Labute approximate surface area is 217 Å². The number of rotatable bonds is 7. The van der Waals surface area contributed by atoms with Gasteiger partial charge in [-0.2, -0.15) is 10.1 Å². The third-order valence-corrected chi connectivity index (χ3v) is 5.81. The van der Waals surface area contributed by atoms with Crippen LogP contribution in [0.2, 0.25) is 5.02 Å². The first-order chi connectivity index (χ1) is 18.0. The van der Waals surface area contributed by atoms with E-state index in [1.54, 1.807) is 12.4 Å². The quantitative estimate of drug-likeness (QED) is 0.327. The second kappa shape index (κ2) is 11.3. The van der Waals surface area contributed by atoms with E-state index in [1.165, 1.54) is 6.33 Å². The van der Waals surface area contributed by atoms with E-state index in [1.807, 2.05) is 42.2 Å². The van der Waals surface area contributed by atoms with Gasteiger partial charge in [-0.25, -0.2) is 19.3 Å². The molecule has 0 radical (unpaired) electrons. The molecule has 0 unspecified atom stereocenters. The van der Waals surface area contributed by atoms with E-state index in [2.05, 4.69) is 40.5 Å². The van der Waals surface area contributed by atoms with Crippen LogP contribution in [0, 0.1) is 12.7 Å². The summed E-state index contributed by atoms with van der Waals surface area (Å²) in [5, 5.41) is 12.1. The smallest absolute Gasteiger partial charge is 0.270 e. The summed E-state index contributed by atoms with van der Waals surface area (Å²) in [6.07, 6.45) is 6.09. The molecule has 10 nitrogen and oxygen atoms in total. The van der Waals surface area contributed by atoms with Crippen molar-refractivity contribution in [3.05, 3.63) is 77.3 Å². The normalized spacial score (nSPS) is 13.8. The van der Waals surface area contributed by atoms with Gasteiger partial charge in [-0.1, -0.05) is 11.6 Å². The number of morpholine rings is 1. The molecule has 1 aliphatic heterocycles. The maximum atomic E-state index is 14.2. The number of aromatic nitrogens is 5.